The lowest BCUT2D eigenvalue weighted by molar-refractivity contribution is -0.140. The van der Waals surface area contributed by atoms with Crippen LogP contribution < -0.4 is 0 Å². The van der Waals surface area contributed by atoms with Gasteiger partial charge in [-0.2, -0.15) is 0 Å². The van der Waals surface area contributed by atoms with Gasteiger partial charge in [-0.3, -0.25) is 0 Å². The van der Waals surface area contributed by atoms with Crippen LogP contribution in [0.3, 0.4) is 0 Å². The molecule has 2 nitrogen and oxygen atoms in total. The SMILES string of the molecule is CCCC1=CC(c2ccccc2)OC1=O. The Hall–Kier alpha value is -1.57. The highest BCUT2D eigenvalue weighted by atomic mass is 16.5. The van der Waals surface area contributed by atoms with Crippen LogP contribution in [0.1, 0.15) is 31.4 Å². The van der Waals surface area contributed by atoms with Gasteiger partial charge in [-0.05, 0) is 18.1 Å². The van der Waals surface area contributed by atoms with Crippen LogP contribution in [-0.4, -0.2) is 5.97 Å². The second kappa shape index (κ2) is 4.30. The van der Waals surface area contributed by atoms with E-state index in [1.54, 1.807) is 0 Å². The molecule has 0 spiro atoms. The number of hydrogen-bond acceptors (Lipinski definition) is 2. The maximum atomic E-state index is 11.5. The quantitative estimate of drug-likeness (QED) is 0.704. The van der Waals surface area contributed by atoms with Gasteiger partial charge in [0, 0.05) is 5.57 Å². The molecule has 0 N–H and O–H groups in total. The van der Waals surface area contributed by atoms with Gasteiger partial charge >= 0.3 is 5.97 Å². The third-order valence-corrected chi connectivity index (χ3v) is 2.50. The Bertz CT molecular complexity index is 379. The van der Waals surface area contributed by atoms with Gasteiger partial charge < -0.3 is 4.74 Å². The minimum atomic E-state index is -0.180. The molecule has 1 aromatic carbocycles. The Morgan fingerprint density at radius 3 is 2.67 bits per heavy atom. The van der Waals surface area contributed by atoms with Crippen molar-refractivity contribution in [2.45, 2.75) is 25.9 Å². The Labute approximate surface area is 89.6 Å². The maximum absolute atomic E-state index is 11.5. The molecule has 0 fully saturated rings. The van der Waals surface area contributed by atoms with Gasteiger partial charge in [0.2, 0.25) is 0 Å². The monoisotopic (exact) mass is 202 g/mol. The second-order valence-corrected chi connectivity index (χ2v) is 3.68. The first-order valence-electron chi connectivity index (χ1n) is 5.28. The summed E-state index contributed by atoms with van der Waals surface area (Å²) in [5, 5.41) is 0. The Morgan fingerprint density at radius 1 is 1.27 bits per heavy atom. The summed E-state index contributed by atoms with van der Waals surface area (Å²) in [5.74, 6) is -0.161. The lowest BCUT2D eigenvalue weighted by Crippen LogP contribution is -2.02. The first kappa shape index (κ1) is 9.97. The van der Waals surface area contributed by atoms with Crippen LogP contribution in [0.15, 0.2) is 42.0 Å². The largest absolute Gasteiger partial charge is 0.450 e. The topological polar surface area (TPSA) is 26.3 Å². The van der Waals surface area contributed by atoms with E-state index in [2.05, 4.69) is 6.92 Å². The van der Waals surface area contributed by atoms with Gasteiger partial charge in [0.25, 0.3) is 0 Å². The molecule has 0 saturated carbocycles. The summed E-state index contributed by atoms with van der Waals surface area (Å²) in [6, 6.07) is 9.81. The average molecular weight is 202 g/mol. The van der Waals surface area contributed by atoms with Crippen LogP contribution in [-0.2, 0) is 9.53 Å². The number of benzene rings is 1. The summed E-state index contributed by atoms with van der Waals surface area (Å²) in [5.41, 5.74) is 1.85. The molecule has 1 aliphatic rings. The normalized spacial score (nSPS) is 19.9. The fourth-order valence-corrected chi connectivity index (χ4v) is 1.74. The fourth-order valence-electron chi connectivity index (χ4n) is 1.74. The highest BCUT2D eigenvalue weighted by molar-refractivity contribution is 5.91. The van der Waals surface area contributed by atoms with Gasteiger partial charge in [-0.25, -0.2) is 4.79 Å². The van der Waals surface area contributed by atoms with E-state index in [0.29, 0.717) is 0 Å². The van der Waals surface area contributed by atoms with Crippen molar-refractivity contribution in [2.24, 2.45) is 0 Å². The fraction of sp³-hybridized carbons (Fsp3) is 0.308. The predicted molar refractivity (Wildman–Crippen MR) is 58.3 cm³/mol. The Balaban J connectivity index is 2.18. The number of esters is 1. The van der Waals surface area contributed by atoms with Crippen LogP contribution in [0.25, 0.3) is 0 Å². The van der Waals surface area contributed by atoms with Crippen LogP contribution in [0.4, 0.5) is 0 Å². The van der Waals surface area contributed by atoms with Crippen molar-refractivity contribution < 1.29 is 9.53 Å². The molecule has 0 saturated heterocycles. The zero-order valence-electron chi connectivity index (χ0n) is 8.77. The van der Waals surface area contributed by atoms with E-state index in [9.17, 15) is 4.79 Å². The molecule has 2 heteroatoms. The highest BCUT2D eigenvalue weighted by Gasteiger charge is 2.25. The van der Waals surface area contributed by atoms with Crippen LogP contribution in [0.5, 0.6) is 0 Å². The minimum absolute atomic E-state index is 0.161. The number of ether oxygens (including phenoxy) is 1. The molecule has 1 heterocycles. The van der Waals surface area contributed by atoms with Crippen LogP contribution in [0, 0.1) is 0 Å². The van der Waals surface area contributed by atoms with Crippen LogP contribution >= 0.6 is 0 Å². The Kier molecular flexibility index (Phi) is 2.86. The lowest BCUT2D eigenvalue weighted by Gasteiger charge is -2.07. The van der Waals surface area contributed by atoms with Crippen molar-refractivity contribution >= 4 is 5.97 Å². The summed E-state index contributed by atoms with van der Waals surface area (Å²) in [4.78, 5) is 11.5. The van der Waals surface area contributed by atoms with Gasteiger partial charge in [-0.15, -0.1) is 0 Å². The third kappa shape index (κ3) is 2.09. The smallest absolute Gasteiger partial charge is 0.334 e. The van der Waals surface area contributed by atoms with E-state index in [1.807, 2.05) is 36.4 Å². The zero-order chi connectivity index (χ0) is 10.7. The van der Waals surface area contributed by atoms with Crippen LogP contribution in [0.2, 0.25) is 0 Å². The molecule has 2 rings (SSSR count). The average Bonchev–Trinajstić information content (AvgIpc) is 2.63. The van der Waals surface area contributed by atoms with Gasteiger partial charge in [-0.1, -0.05) is 43.7 Å². The first-order chi connectivity index (χ1) is 7.31. The summed E-state index contributed by atoms with van der Waals surface area (Å²) in [6.45, 7) is 2.06. The minimum Gasteiger partial charge on any atom is -0.450 e. The van der Waals surface area contributed by atoms with E-state index >= 15 is 0 Å². The lowest BCUT2D eigenvalue weighted by atomic mass is 10.1. The molecule has 0 aromatic heterocycles. The van der Waals surface area contributed by atoms with Gasteiger partial charge in [0.1, 0.15) is 6.10 Å². The molecule has 1 aromatic rings. The predicted octanol–water partition coefficient (Wildman–Crippen LogP) is 3.01. The Morgan fingerprint density at radius 2 is 2.00 bits per heavy atom. The van der Waals surface area contributed by atoms with E-state index < -0.39 is 0 Å². The van der Waals surface area contributed by atoms with Crippen molar-refractivity contribution in [3.05, 3.63) is 47.5 Å². The number of cyclic esters (lactones) is 1. The standard InChI is InChI=1S/C13H14O2/c1-2-6-11-9-12(15-13(11)14)10-7-4-3-5-8-10/h3-5,7-9,12H,2,6H2,1H3. The number of carbonyl (C=O) groups is 1. The molecule has 78 valence electrons. The van der Waals surface area contributed by atoms with E-state index in [1.165, 1.54) is 0 Å². The van der Waals surface area contributed by atoms with Crippen molar-refractivity contribution in [2.75, 3.05) is 0 Å². The third-order valence-electron chi connectivity index (χ3n) is 2.50. The summed E-state index contributed by atoms with van der Waals surface area (Å²) in [6.07, 6.45) is 3.53. The summed E-state index contributed by atoms with van der Waals surface area (Å²) in [7, 11) is 0. The molecule has 0 amide bonds. The van der Waals surface area contributed by atoms with E-state index in [-0.39, 0.29) is 12.1 Å². The first-order valence-corrected chi connectivity index (χ1v) is 5.28. The molecule has 0 aliphatic carbocycles. The summed E-state index contributed by atoms with van der Waals surface area (Å²) >= 11 is 0. The van der Waals surface area contributed by atoms with Crippen molar-refractivity contribution in [1.82, 2.24) is 0 Å². The van der Waals surface area contributed by atoms with Gasteiger partial charge in [0.15, 0.2) is 0 Å². The van der Waals surface area contributed by atoms with Crippen molar-refractivity contribution in [3.8, 4) is 0 Å². The molecule has 1 unspecified atom stereocenters. The molecular weight excluding hydrogens is 188 g/mol. The zero-order valence-corrected chi connectivity index (χ0v) is 8.77. The van der Waals surface area contributed by atoms with Gasteiger partial charge in [0.05, 0.1) is 0 Å². The highest BCUT2D eigenvalue weighted by Crippen LogP contribution is 2.29. The number of rotatable bonds is 3. The molecular formula is C13H14O2. The van der Waals surface area contributed by atoms with Crippen molar-refractivity contribution in [1.29, 1.82) is 0 Å². The molecule has 1 aliphatic heterocycles. The number of hydrogen-bond donors (Lipinski definition) is 0. The van der Waals surface area contributed by atoms with Crippen molar-refractivity contribution in [3.63, 3.8) is 0 Å². The number of carbonyl (C=O) groups excluding carboxylic acids is 1. The van der Waals surface area contributed by atoms with E-state index in [0.717, 1.165) is 24.0 Å². The maximum Gasteiger partial charge on any atom is 0.334 e. The molecule has 0 radical (unpaired) electrons. The molecule has 1 atom stereocenters. The second-order valence-electron chi connectivity index (χ2n) is 3.68. The molecule has 15 heavy (non-hydrogen) atoms. The summed E-state index contributed by atoms with van der Waals surface area (Å²) < 4.78 is 5.28. The molecule has 0 bridgehead atoms. The van der Waals surface area contributed by atoms with E-state index in [4.69, 9.17) is 4.74 Å².